The molecule has 7 nitrogen and oxygen atoms in total. The Morgan fingerprint density at radius 2 is 1.94 bits per heavy atom. The van der Waals surface area contributed by atoms with Gasteiger partial charge < -0.3 is 14.7 Å². The maximum absolute atomic E-state index is 12.7. The summed E-state index contributed by atoms with van der Waals surface area (Å²) in [6, 6.07) is 19.2. The van der Waals surface area contributed by atoms with E-state index in [1.165, 1.54) is 11.3 Å². The standard InChI is InChI=1S/C24H19ClN4O3S/c25-19-8-3-1-6-15(19)17(18-12-26-20-9-4-2-7-16(18)20)13-27-22(30)14-29-24(31)32-23(28-29)21-10-5-11-33-21/h1-12,17,26H,13-14H2,(H,27,30)/t17-/m1/s1. The van der Waals surface area contributed by atoms with Crippen LogP contribution in [0.2, 0.25) is 5.02 Å². The summed E-state index contributed by atoms with van der Waals surface area (Å²) in [4.78, 5) is 28.9. The fourth-order valence-corrected chi connectivity index (χ4v) is 4.75. The van der Waals surface area contributed by atoms with Crippen LogP contribution in [0, 0.1) is 0 Å². The molecular formula is C24H19ClN4O3S. The molecule has 0 aliphatic rings. The van der Waals surface area contributed by atoms with E-state index in [1.807, 2.05) is 66.2 Å². The number of hydrogen-bond acceptors (Lipinski definition) is 5. The van der Waals surface area contributed by atoms with Crippen molar-refractivity contribution in [2.45, 2.75) is 12.5 Å². The highest BCUT2D eigenvalue weighted by Gasteiger charge is 2.22. The van der Waals surface area contributed by atoms with Gasteiger partial charge in [0.2, 0.25) is 5.91 Å². The predicted molar refractivity (Wildman–Crippen MR) is 129 cm³/mol. The average Bonchev–Trinajstić information content (AvgIpc) is 3.56. The summed E-state index contributed by atoms with van der Waals surface area (Å²) in [5.41, 5.74) is 2.94. The van der Waals surface area contributed by atoms with Crippen molar-refractivity contribution in [3.63, 3.8) is 0 Å². The van der Waals surface area contributed by atoms with Gasteiger partial charge in [-0.3, -0.25) is 4.79 Å². The molecule has 5 rings (SSSR count). The minimum Gasteiger partial charge on any atom is -0.387 e. The van der Waals surface area contributed by atoms with E-state index in [2.05, 4.69) is 15.4 Å². The number of H-pyrrole nitrogens is 1. The Hall–Kier alpha value is -3.62. The summed E-state index contributed by atoms with van der Waals surface area (Å²) in [6.45, 7) is 0.0611. The molecule has 0 bridgehead atoms. The van der Waals surface area contributed by atoms with E-state index in [4.69, 9.17) is 16.0 Å². The van der Waals surface area contributed by atoms with Gasteiger partial charge in [0.05, 0.1) is 4.88 Å². The van der Waals surface area contributed by atoms with Crippen molar-refractivity contribution in [2.24, 2.45) is 0 Å². The molecular weight excluding hydrogens is 460 g/mol. The molecule has 2 N–H and O–H groups in total. The smallest absolute Gasteiger partial charge is 0.387 e. The third-order valence-corrected chi connectivity index (χ3v) is 6.61. The Bertz CT molecular complexity index is 1470. The minimum atomic E-state index is -0.673. The van der Waals surface area contributed by atoms with Gasteiger partial charge in [-0.05, 0) is 34.7 Å². The van der Waals surface area contributed by atoms with Crippen molar-refractivity contribution in [3.8, 4) is 10.8 Å². The first-order valence-electron chi connectivity index (χ1n) is 10.3. The number of nitrogens with zero attached hydrogens (tertiary/aromatic N) is 2. The lowest BCUT2D eigenvalue weighted by Crippen LogP contribution is -2.34. The van der Waals surface area contributed by atoms with Crippen LogP contribution in [0.25, 0.3) is 21.7 Å². The molecule has 5 aromatic rings. The summed E-state index contributed by atoms with van der Waals surface area (Å²) in [5, 5.41) is 10.6. The monoisotopic (exact) mass is 478 g/mol. The third kappa shape index (κ3) is 4.35. The van der Waals surface area contributed by atoms with Crippen molar-refractivity contribution in [3.05, 3.63) is 98.9 Å². The summed E-state index contributed by atoms with van der Waals surface area (Å²) >= 11 is 7.92. The molecule has 1 atom stereocenters. The van der Waals surface area contributed by atoms with Gasteiger partial charge >= 0.3 is 5.76 Å². The van der Waals surface area contributed by atoms with Gasteiger partial charge in [0.15, 0.2) is 0 Å². The number of aromatic nitrogens is 3. The normalized spacial score (nSPS) is 12.2. The molecule has 2 aromatic carbocycles. The Balaban J connectivity index is 1.38. The van der Waals surface area contributed by atoms with Crippen LogP contribution in [0.3, 0.4) is 0 Å². The molecule has 0 unspecified atom stereocenters. The predicted octanol–water partition coefficient (Wildman–Crippen LogP) is 4.65. The lowest BCUT2D eigenvalue weighted by atomic mass is 9.90. The summed E-state index contributed by atoms with van der Waals surface area (Å²) < 4.78 is 6.21. The number of thiophene rings is 1. The van der Waals surface area contributed by atoms with E-state index < -0.39 is 5.76 Å². The molecule has 1 amide bonds. The lowest BCUT2D eigenvalue weighted by molar-refractivity contribution is -0.121. The number of hydrogen-bond donors (Lipinski definition) is 2. The van der Waals surface area contributed by atoms with Crippen LogP contribution in [0.4, 0.5) is 0 Å². The number of aromatic amines is 1. The molecule has 0 spiro atoms. The highest BCUT2D eigenvalue weighted by Crippen LogP contribution is 2.34. The van der Waals surface area contributed by atoms with E-state index >= 15 is 0 Å². The molecule has 0 aliphatic heterocycles. The minimum absolute atomic E-state index is 0.186. The zero-order chi connectivity index (χ0) is 22.8. The SMILES string of the molecule is O=C(Cn1nc(-c2cccs2)oc1=O)NC[C@H](c1ccccc1Cl)c1c[nH]c2ccccc12. The van der Waals surface area contributed by atoms with E-state index in [-0.39, 0.29) is 24.3 Å². The maximum atomic E-state index is 12.7. The molecule has 0 aliphatic carbocycles. The first kappa shape index (κ1) is 21.2. The fraction of sp³-hybridized carbons (Fsp3) is 0.125. The number of nitrogens with one attached hydrogen (secondary N) is 2. The summed E-state index contributed by atoms with van der Waals surface area (Å²) in [6.07, 6.45) is 1.94. The Kier molecular flexibility index (Phi) is 5.85. The van der Waals surface area contributed by atoms with Gasteiger partial charge in [0, 0.05) is 34.6 Å². The van der Waals surface area contributed by atoms with Crippen LogP contribution < -0.4 is 11.1 Å². The van der Waals surface area contributed by atoms with E-state index in [1.54, 1.807) is 6.07 Å². The number of benzene rings is 2. The Labute approximate surface area is 197 Å². The molecule has 0 saturated carbocycles. The van der Waals surface area contributed by atoms with Crippen molar-refractivity contribution in [2.75, 3.05) is 6.54 Å². The number of halogens is 1. The molecule has 3 aromatic heterocycles. The summed E-state index contributed by atoms with van der Waals surface area (Å²) in [7, 11) is 0. The van der Waals surface area contributed by atoms with Crippen molar-refractivity contribution in [1.82, 2.24) is 20.1 Å². The highest BCUT2D eigenvalue weighted by atomic mass is 35.5. The second-order valence-electron chi connectivity index (χ2n) is 7.48. The molecule has 166 valence electrons. The molecule has 0 saturated heterocycles. The van der Waals surface area contributed by atoms with E-state index in [9.17, 15) is 9.59 Å². The zero-order valence-corrected chi connectivity index (χ0v) is 18.9. The molecule has 0 fully saturated rings. The topological polar surface area (TPSA) is 92.9 Å². The fourth-order valence-electron chi connectivity index (χ4n) is 3.84. The second-order valence-corrected chi connectivity index (χ2v) is 8.83. The number of carbonyl (C=O) groups excluding carboxylic acids is 1. The summed E-state index contributed by atoms with van der Waals surface area (Å²) in [5.74, 6) is -1.00. The number of carbonyl (C=O) groups is 1. The first-order chi connectivity index (χ1) is 16.1. The first-order valence-corrected chi connectivity index (χ1v) is 11.5. The highest BCUT2D eigenvalue weighted by molar-refractivity contribution is 7.13. The number of rotatable bonds is 7. The molecule has 33 heavy (non-hydrogen) atoms. The molecule has 3 heterocycles. The lowest BCUT2D eigenvalue weighted by Gasteiger charge is -2.19. The van der Waals surface area contributed by atoms with Crippen molar-refractivity contribution in [1.29, 1.82) is 0 Å². The number of fused-ring (bicyclic) bond motifs is 1. The van der Waals surface area contributed by atoms with Crippen LogP contribution in [0.5, 0.6) is 0 Å². The third-order valence-electron chi connectivity index (χ3n) is 5.41. The van der Waals surface area contributed by atoms with Crippen LogP contribution in [0.1, 0.15) is 17.0 Å². The van der Waals surface area contributed by atoms with Crippen LogP contribution >= 0.6 is 22.9 Å². The van der Waals surface area contributed by atoms with Gasteiger partial charge in [0.1, 0.15) is 6.54 Å². The van der Waals surface area contributed by atoms with Crippen LogP contribution in [-0.4, -0.2) is 27.2 Å². The zero-order valence-electron chi connectivity index (χ0n) is 17.3. The largest absolute Gasteiger partial charge is 0.437 e. The number of amides is 1. The van der Waals surface area contributed by atoms with Crippen molar-refractivity contribution < 1.29 is 9.21 Å². The van der Waals surface area contributed by atoms with Gasteiger partial charge in [-0.2, -0.15) is 4.68 Å². The maximum Gasteiger partial charge on any atom is 0.437 e. The van der Waals surface area contributed by atoms with E-state index in [0.717, 1.165) is 31.6 Å². The number of para-hydroxylation sites is 1. The Morgan fingerprint density at radius 3 is 2.76 bits per heavy atom. The van der Waals surface area contributed by atoms with Gasteiger partial charge in [-0.25, -0.2) is 4.79 Å². The Morgan fingerprint density at radius 1 is 1.12 bits per heavy atom. The van der Waals surface area contributed by atoms with Crippen LogP contribution in [0.15, 0.2) is 81.5 Å². The van der Waals surface area contributed by atoms with E-state index in [0.29, 0.717) is 11.6 Å². The quantitative estimate of drug-likeness (QED) is 0.356. The van der Waals surface area contributed by atoms with Gasteiger partial charge in [-0.1, -0.05) is 54.1 Å². The van der Waals surface area contributed by atoms with Gasteiger partial charge in [-0.15, -0.1) is 16.4 Å². The molecule has 9 heteroatoms. The second kappa shape index (κ2) is 9.09. The van der Waals surface area contributed by atoms with Crippen LogP contribution in [-0.2, 0) is 11.3 Å². The van der Waals surface area contributed by atoms with Gasteiger partial charge in [0.25, 0.3) is 5.89 Å². The molecule has 0 radical (unpaired) electrons. The van der Waals surface area contributed by atoms with Crippen molar-refractivity contribution >= 4 is 39.7 Å². The average molecular weight is 479 g/mol.